The van der Waals surface area contributed by atoms with Crippen molar-refractivity contribution in [2.45, 2.75) is 44.4 Å². The molecule has 1 N–H and O–H groups in total. The highest BCUT2D eigenvalue weighted by atomic mass is 32.2. The number of nitrogens with zero attached hydrogens (tertiary/aromatic N) is 6. The van der Waals surface area contributed by atoms with Crippen molar-refractivity contribution in [2.24, 2.45) is 5.92 Å². The molecule has 1 aromatic carbocycles. The highest BCUT2D eigenvalue weighted by molar-refractivity contribution is 7.89. The van der Waals surface area contributed by atoms with Crippen LogP contribution in [0.4, 0.5) is 10.1 Å². The summed E-state index contributed by atoms with van der Waals surface area (Å²) in [6, 6.07) is 4.69. The fourth-order valence-corrected chi connectivity index (χ4v) is 5.55. The van der Waals surface area contributed by atoms with Gasteiger partial charge in [0, 0.05) is 24.5 Å². The highest BCUT2D eigenvalue weighted by Crippen LogP contribution is 2.36. The average Bonchev–Trinajstić information content (AvgIpc) is 3.33. The van der Waals surface area contributed by atoms with Crippen LogP contribution in [0, 0.1) is 18.3 Å². The number of hydrogen-bond donors (Lipinski definition) is 1. The van der Waals surface area contributed by atoms with Crippen molar-refractivity contribution in [1.82, 2.24) is 24.3 Å². The molecule has 11 nitrogen and oxygen atoms in total. The smallest absolute Gasteiger partial charge is 0.309 e. The molecule has 13 heteroatoms. The van der Waals surface area contributed by atoms with E-state index in [0.29, 0.717) is 10.9 Å². The van der Waals surface area contributed by atoms with E-state index in [4.69, 9.17) is 11.3 Å². The van der Waals surface area contributed by atoms with Crippen molar-refractivity contribution in [3.05, 3.63) is 47.2 Å². The second-order valence-electron chi connectivity index (χ2n) is 8.64. The van der Waals surface area contributed by atoms with Gasteiger partial charge in [0.2, 0.25) is 11.6 Å². The van der Waals surface area contributed by atoms with Gasteiger partial charge in [-0.2, -0.15) is 9.40 Å². The van der Waals surface area contributed by atoms with Crippen LogP contribution >= 0.6 is 0 Å². The topological polar surface area (TPSA) is 132 Å². The fourth-order valence-electron chi connectivity index (χ4n) is 4.12. The Hall–Kier alpha value is -3.63. The molecule has 0 radical (unpaired) electrons. The Morgan fingerprint density at radius 1 is 1.31 bits per heavy atom. The molecule has 0 spiro atoms. The third kappa shape index (κ3) is 4.67. The maximum absolute atomic E-state index is 14.5. The van der Waals surface area contributed by atoms with Gasteiger partial charge in [0.05, 0.1) is 36.3 Å². The first-order valence-electron chi connectivity index (χ1n) is 10.8. The van der Waals surface area contributed by atoms with Crippen molar-refractivity contribution < 1.29 is 27.4 Å². The summed E-state index contributed by atoms with van der Waals surface area (Å²) in [6.45, 7) is 12.8. The molecule has 0 bridgehead atoms. The molecule has 2 atom stereocenters. The number of aromatic nitrogens is 4. The third-order valence-electron chi connectivity index (χ3n) is 5.72. The van der Waals surface area contributed by atoms with Gasteiger partial charge >= 0.3 is 5.97 Å². The first kappa shape index (κ1) is 24.5. The van der Waals surface area contributed by atoms with Crippen LogP contribution in [0.15, 0.2) is 29.3 Å². The van der Waals surface area contributed by atoms with Gasteiger partial charge in [-0.1, -0.05) is 6.92 Å². The van der Waals surface area contributed by atoms with Crippen LogP contribution in [0.1, 0.15) is 32.5 Å². The lowest BCUT2D eigenvalue weighted by Crippen LogP contribution is -2.30. The standard InChI is InChI=1S/C22H23FN6O5S/c1-12(2)34-20-5-6-21(26-25-20)35(32,33)28-10-13(3)19(11-28)29-18-8-15(23)17(24-4)7-14(18)16(27-29)9-22(30)31/h5-8,12-13,19H,9-11H2,1-3H3,(H,30,31)/t13-,19+/m1/s1. The summed E-state index contributed by atoms with van der Waals surface area (Å²) in [7, 11) is -3.99. The molecule has 0 amide bonds. The predicted octanol–water partition coefficient (Wildman–Crippen LogP) is 2.81. The summed E-state index contributed by atoms with van der Waals surface area (Å²) >= 11 is 0. The van der Waals surface area contributed by atoms with Gasteiger partial charge < -0.3 is 9.84 Å². The molecule has 1 saturated heterocycles. The number of halogens is 1. The van der Waals surface area contributed by atoms with Crippen LogP contribution in [0.3, 0.4) is 0 Å². The number of carboxylic acid groups (broad SMARTS) is 1. The molecule has 2 aromatic heterocycles. The minimum atomic E-state index is -3.99. The van der Waals surface area contributed by atoms with E-state index in [9.17, 15) is 22.7 Å². The Morgan fingerprint density at radius 3 is 2.66 bits per heavy atom. The van der Waals surface area contributed by atoms with E-state index >= 15 is 0 Å². The highest BCUT2D eigenvalue weighted by Gasteiger charge is 2.40. The quantitative estimate of drug-likeness (QED) is 0.488. The SMILES string of the molecule is [C-]#[N+]c1cc2c(CC(=O)O)nn([C@H]3CN(S(=O)(=O)c4ccc(OC(C)C)nn4)C[C@H]3C)c2cc1F. The molecule has 4 rings (SSSR count). The van der Waals surface area contributed by atoms with E-state index in [1.54, 1.807) is 0 Å². The van der Waals surface area contributed by atoms with Crippen LogP contribution in [0.2, 0.25) is 0 Å². The number of benzene rings is 1. The number of sulfonamides is 1. The van der Waals surface area contributed by atoms with E-state index in [1.807, 2.05) is 20.8 Å². The van der Waals surface area contributed by atoms with E-state index in [-0.39, 0.29) is 47.4 Å². The van der Waals surface area contributed by atoms with Crippen LogP contribution in [-0.4, -0.2) is 63.0 Å². The van der Waals surface area contributed by atoms with Crippen LogP contribution < -0.4 is 4.74 Å². The second kappa shape index (κ2) is 9.20. The molecule has 3 aromatic rings. The lowest BCUT2D eigenvalue weighted by molar-refractivity contribution is -0.136. The Kier molecular flexibility index (Phi) is 6.44. The van der Waals surface area contributed by atoms with Crippen molar-refractivity contribution in [1.29, 1.82) is 0 Å². The Balaban J connectivity index is 1.68. The Morgan fingerprint density at radius 2 is 2.06 bits per heavy atom. The molecule has 1 aliphatic heterocycles. The first-order chi connectivity index (χ1) is 16.5. The zero-order valence-electron chi connectivity index (χ0n) is 19.2. The number of carbonyl (C=O) groups is 1. The molecule has 1 fully saturated rings. The van der Waals surface area contributed by atoms with Crippen molar-refractivity contribution in [3.63, 3.8) is 0 Å². The lowest BCUT2D eigenvalue weighted by Gasteiger charge is -2.17. The van der Waals surface area contributed by atoms with Gasteiger partial charge in [-0.05, 0) is 38.0 Å². The summed E-state index contributed by atoms with van der Waals surface area (Å²) < 4.78 is 49.0. The van der Waals surface area contributed by atoms with E-state index < -0.39 is 34.3 Å². The third-order valence-corrected chi connectivity index (χ3v) is 7.44. The maximum atomic E-state index is 14.5. The minimum Gasteiger partial charge on any atom is -0.481 e. The van der Waals surface area contributed by atoms with Gasteiger partial charge in [0.25, 0.3) is 10.0 Å². The number of ether oxygens (including phenoxy) is 1. The summed E-state index contributed by atoms with van der Waals surface area (Å²) in [4.78, 5) is 14.5. The second-order valence-corrected chi connectivity index (χ2v) is 10.5. The number of aliphatic carboxylic acids is 1. The fraction of sp³-hybridized carbons (Fsp3) is 0.409. The molecule has 184 valence electrons. The minimum absolute atomic E-state index is 0.0188. The molecule has 0 unspecified atom stereocenters. The summed E-state index contributed by atoms with van der Waals surface area (Å²) in [5, 5.41) is 21.5. The van der Waals surface area contributed by atoms with Crippen molar-refractivity contribution in [2.75, 3.05) is 13.1 Å². The lowest BCUT2D eigenvalue weighted by atomic mass is 10.1. The molecule has 35 heavy (non-hydrogen) atoms. The van der Waals surface area contributed by atoms with Crippen molar-refractivity contribution in [3.8, 4) is 5.88 Å². The average molecular weight is 503 g/mol. The zero-order valence-corrected chi connectivity index (χ0v) is 20.0. The monoisotopic (exact) mass is 502 g/mol. The van der Waals surface area contributed by atoms with Crippen LogP contribution in [0.25, 0.3) is 15.7 Å². The Labute approximate surface area is 201 Å². The molecular weight excluding hydrogens is 479 g/mol. The molecule has 0 aliphatic carbocycles. The van der Waals surface area contributed by atoms with Gasteiger partial charge in [-0.25, -0.2) is 17.7 Å². The molecule has 1 aliphatic rings. The van der Waals surface area contributed by atoms with E-state index in [0.717, 1.165) is 6.07 Å². The summed E-state index contributed by atoms with van der Waals surface area (Å²) in [5.41, 5.74) is 0.241. The van der Waals surface area contributed by atoms with Crippen LogP contribution in [-0.2, 0) is 21.2 Å². The Bertz CT molecular complexity index is 1430. The molecule has 3 heterocycles. The first-order valence-corrected chi connectivity index (χ1v) is 12.3. The number of hydrogen-bond acceptors (Lipinski definition) is 7. The molecular formula is C22H23FN6O5S. The normalized spacial score (nSPS) is 18.7. The molecule has 0 saturated carbocycles. The van der Waals surface area contributed by atoms with E-state index in [2.05, 4.69) is 20.1 Å². The number of rotatable bonds is 7. The van der Waals surface area contributed by atoms with Gasteiger partial charge in [-0.15, -0.1) is 10.2 Å². The summed E-state index contributed by atoms with van der Waals surface area (Å²) in [6.07, 6.45) is -0.562. The van der Waals surface area contributed by atoms with Gasteiger partial charge in [0.1, 0.15) is 5.82 Å². The predicted molar refractivity (Wildman–Crippen MR) is 122 cm³/mol. The van der Waals surface area contributed by atoms with E-state index in [1.165, 1.54) is 27.2 Å². The van der Waals surface area contributed by atoms with Gasteiger partial charge in [-0.3, -0.25) is 9.48 Å². The van der Waals surface area contributed by atoms with Crippen LogP contribution in [0.5, 0.6) is 5.88 Å². The maximum Gasteiger partial charge on any atom is 0.309 e. The van der Waals surface area contributed by atoms with Gasteiger partial charge in [0.15, 0.2) is 5.03 Å². The van der Waals surface area contributed by atoms with Crippen molar-refractivity contribution >= 4 is 32.6 Å². The number of fused-ring (bicyclic) bond motifs is 1. The zero-order chi connectivity index (χ0) is 25.5. The summed E-state index contributed by atoms with van der Waals surface area (Å²) in [5.74, 6) is -1.91. The largest absolute Gasteiger partial charge is 0.481 e. The number of carboxylic acids is 1.